The van der Waals surface area contributed by atoms with Crippen molar-refractivity contribution >= 4 is 41.9 Å². The molecule has 0 saturated carbocycles. The molecule has 0 aliphatic carbocycles. The van der Waals surface area contributed by atoms with E-state index in [1.807, 2.05) is 25.3 Å². The van der Waals surface area contributed by atoms with Crippen LogP contribution in [0, 0.1) is 0 Å². The molecule has 0 aliphatic heterocycles. The Morgan fingerprint density at radius 2 is 2.11 bits per heavy atom. The SMILES string of the molecule is COc1cccc([C@H](C)SC)c1[Se]OS(=O)(=O)O. The Labute approximate surface area is 118 Å². The van der Waals surface area contributed by atoms with Crippen molar-refractivity contribution in [1.82, 2.24) is 0 Å². The zero-order valence-corrected chi connectivity index (χ0v) is 13.5. The van der Waals surface area contributed by atoms with Gasteiger partial charge >= 0.3 is 118 Å². The second kappa shape index (κ2) is 6.79. The van der Waals surface area contributed by atoms with Gasteiger partial charge in [0.15, 0.2) is 0 Å². The molecule has 18 heavy (non-hydrogen) atoms. The summed E-state index contributed by atoms with van der Waals surface area (Å²) in [5.41, 5.74) is 0.950. The molecule has 1 rings (SSSR count). The molecule has 0 fully saturated rings. The number of thioether (sulfide) groups is 1. The molecular weight excluding hydrogens is 343 g/mol. The molecule has 8 heteroatoms. The Morgan fingerprint density at radius 3 is 2.61 bits per heavy atom. The number of methoxy groups -OCH3 is 1. The molecular formula is C10H14O5S2Se. The molecule has 0 spiro atoms. The minimum absolute atomic E-state index is 0.182. The first-order valence-electron chi connectivity index (χ1n) is 4.92. The molecule has 0 saturated heterocycles. The predicted molar refractivity (Wildman–Crippen MR) is 72.9 cm³/mol. The summed E-state index contributed by atoms with van der Waals surface area (Å²) >= 11 is 0.770. The Balaban J connectivity index is 3.11. The number of ether oxygens (including phenoxy) is 1. The molecule has 0 bridgehead atoms. The van der Waals surface area contributed by atoms with Crippen LogP contribution in [0.1, 0.15) is 17.7 Å². The molecule has 5 nitrogen and oxygen atoms in total. The molecule has 1 N–H and O–H groups in total. The van der Waals surface area contributed by atoms with E-state index in [-0.39, 0.29) is 5.25 Å². The van der Waals surface area contributed by atoms with Crippen molar-refractivity contribution in [1.29, 1.82) is 0 Å². The quantitative estimate of drug-likeness (QED) is 0.609. The van der Waals surface area contributed by atoms with Crippen LogP contribution < -0.4 is 9.20 Å². The Hall–Kier alpha value is -0.241. The summed E-state index contributed by atoms with van der Waals surface area (Å²) < 4.78 is 40.3. The van der Waals surface area contributed by atoms with Crippen molar-refractivity contribution in [2.45, 2.75) is 12.2 Å². The molecule has 0 amide bonds. The molecule has 0 heterocycles. The molecule has 0 radical (unpaired) electrons. The topological polar surface area (TPSA) is 72.8 Å². The summed E-state index contributed by atoms with van der Waals surface area (Å²) in [5.74, 6) is 0.567. The fourth-order valence-corrected chi connectivity index (χ4v) is 4.25. The van der Waals surface area contributed by atoms with Crippen molar-refractivity contribution in [2.24, 2.45) is 0 Å². The van der Waals surface area contributed by atoms with Crippen LogP contribution in [0.4, 0.5) is 0 Å². The van der Waals surface area contributed by atoms with E-state index in [0.717, 1.165) is 5.56 Å². The average molecular weight is 357 g/mol. The van der Waals surface area contributed by atoms with Crippen LogP contribution in [0.25, 0.3) is 0 Å². The molecule has 1 aromatic carbocycles. The Bertz CT molecular complexity index is 503. The first kappa shape index (κ1) is 15.8. The van der Waals surface area contributed by atoms with Gasteiger partial charge < -0.3 is 0 Å². The average Bonchev–Trinajstić information content (AvgIpc) is 2.33. The zero-order chi connectivity index (χ0) is 13.8. The van der Waals surface area contributed by atoms with E-state index in [0.29, 0.717) is 10.2 Å². The fourth-order valence-electron chi connectivity index (χ4n) is 1.31. The number of benzene rings is 1. The van der Waals surface area contributed by atoms with Crippen LogP contribution in [0.15, 0.2) is 18.2 Å². The number of hydrogen-bond acceptors (Lipinski definition) is 5. The fraction of sp³-hybridized carbons (Fsp3) is 0.400. The summed E-state index contributed by atoms with van der Waals surface area (Å²) in [7, 11) is -2.92. The van der Waals surface area contributed by atoms with E-state index in [9.17, 15) is 8.42 Å². The van der Waals surface area contributed by atoms with Crippen molar-refractivity contribution in [3.05, 3.63) is 23.8 Å². The summed E-state index contributed by atoms with van der Waals surface area (Å²) in [5, 5.41) is 0.182. The van der Waals surface area contributed by atoms with Gasteiger partial charge in [0.05, 0.1) is 0 Å². The molecule has 1 atom stereocenters. The van der Waals surface area contributed by atoms with E-state index in [2.05, 4.69) is 3.27 Å². The van der Waals surface area contributed by atoms with E-state index in [4.69, 9.17) is 9.29 Å². The van der Waals surface area contributed by atoms with Crippen LogP contribution >= 0.6 is 11.8 Å². The molecule has 102 valence electrons. The summed E-state index contributed by atoms with van der Waals surface area (Å²) in [6.45, 7) is 2.01. The molecule has 0 unspecified atom stereocenters. The van der Waals surface area contributed by atoms with E-state index < -0.39 is 25.7 Å². The second-order valence-corrected chi connectivity index (χ2v) is 7.57. The van der Waals surface area contributed by atoms with Gasteiger partial charge in [0.1, 0.15) is 0 Å². The summed E-state index contributed by atoms with van der Waals surface area (Å²) in [6, 6.07) is 5.48. The van der Waals surface area contributed by atoms with Gasteiger partial charge in [-0.15, -0.1) is 0 Å². The van der Waals surface area contributed by atoms with Crippen molar-refractivity contribution in [3.8, 4) is 5.75 Å². The Morgan fingerprint density at radius 1 is 1.44 bits per heavy atom. The van der Waals surface area contributed by atoms with Gasteiger partial charge in [0, 0.05) is 0 Å². The van der Waals surface area contributed by atoms with Gasteiger partial charge in [-0.25, -0.2) is 0 Å². The molecule has 0 aliphatic rings. The first-order valence-corrected chi connectivity index (χ1v) is 9.13. The number of rotatable bonds is 6. The zero-order valence-electron chi connectivity index (χ0n) is 10.1. The third-order valence-corrected chi connectivity index (χ3v) is 6.20. The van der Waals surface area contributed by atoms with Crippen LogP contribution in [0.5, 0.6) is 5.75 Å². The third kappa shape index (κ3) is 4.46. The summed E-state index contributed by atoms with van der Waals surface area (Å²) in [6.07, 6.45) is 1.96. The first-order chi connectivity index (χ1) is 8.39. The maximum absolute atomic E-state index is 10.7. The number of hydrogen-bond donors (Lipinski definition) is 1. The second-order valence-electron chi connectivity index (χ2n) is 3.34. The monoisotopic (exact) mass is 358 g/mol. The van der Waals surface area contributed by atoms with E-state index >= 15 is 0 Å². The van der Waals surface area contributed by atoms with Gasteiger partial charge in [-0.3, -0.25) is 0 Å². The standard InChI is InChI=1S/C10H14O5S2Se/c1-7(16-3)8-5-4-6-9(14-2)10(8)18-15-17(11,12)13/h4-7H,1-3H3,(H,11,12,13)/t7-/m0/s1. The van der Waals surface area contributed by atoms with Crippen LogP contribution in [0.3, 0.4) is 0 Å². The van der Waals surface area contributed by atoms with Crippen molar-refractivity contribution < 1.29 is 21.0 Å². The minimum atomic E-state index is -4.43. The maximum atomic E-state index is 10.7. The van der Waals surface area contributed by atoms with Gasteiger partial charge in [0.25, 0.3) is 0 Å². The van der Waals surface area contributed by atoms with Gasteiger partial charge in [0.2, 0.25) is 0 Å². The predicted octanol–water partition coefficient (Wildman–Crippen LogP) is 1.18. The molecule has 0 aromatic heterocycles. The van der Waals surface area contributed by atoms with Crippen molar-refractivity contribution in [2.75, 3.05) is 13.4 Å². The van der Waals surface area contributed by atoms with Gasteiger partial charge in [-0.1, -0.05) is 0 Å². The normalized spacial score (nSPS) is 13.3. The van der Waals surface area contributed by atoms with Crippen molar-refractivity contribution in [3.63, 3.8) is 0 Å². The van der Waals surface area contributed by atoms with Crippen LogP contribution in [-0.4, -0.2) is 41.6 Å². The third-order valence-electron chi connectivity index (χ3n) is 2.22. The molecule has 1 aromatic rings. The Kier molecular flexibility index (Phi) is 5.97. The van der Waals surface area contributed by atoms with E-state index in [1.165, 1.54) is 7.11 Å². The van der Waals surface area contributed by atoms with Crippen LogP contribution in [0.2, 0.25) is 0 Å². The summed E-state index contributed by atoms with van der Waals surface area (Å²) in [4.78, 5) is 0. The van der Waals surface area contributed by atoms with Crippen LogP contribution in [-0.2, 0) is 13.7 Å². The van der Waals surface area contributed by atoms with Gasteiger partial charge in [-0.05, 0) is 0 Å². The van der Waals surface area contributed by atoms with E-state index in [1.54, 1.807) is 17.8 Å². The van der Waals surface area contributed by atoms with Gasteiger partial charge in [-0.2, -0.15) is 0 Å².